The molecular formula is C22H18N3+. The van der Waals surface area contributed by atoms with Gasteiger partial charge < -0.3 is 0 Å². The second-order valence-electron chi connectivity index (χ2n) is 5.75. The summed E-state index contributed by atoms with van der Waals surface area (Å²) >= 11 is 0. The van der Waals surface area contributed by atoms with Gasteiger partial charge in [0.2, 0.25) is 0 Å². The molecule has 0 aliphatic heterocycles. The highest BCUT2D eigenvalue weighted by molar-refractivity contribution is 5.75. The van der Waals surface area contributed by atoms with Crippen molar-refractivity contribution in [2.24, 2.45) is 0 Å². The molecule has 120 valence electrons. The van der Waals surface area contributed by atoms with E-state index in [9.17, 15) is 0 Å². The zero-order chi connectivity index (χ0) is 16.9. The summed E-state index contributed by atoms with van der Waals surface area (Å²) < 4.78 is 1.98. The number of benzene rings is 2. The van der Waals surface area contributed by atoms with Crippen LogP contribution in [0.2, 0.25) is 0 Å². The van der Waals surface area contributed by atoms with Gasteiger partial charge in [0.05, 0.1) is 12.4 Å². The molecule has 1 N–H and O–H groups in total. The third-order valence-corrected chi connectivity index (χ3v) is 3.96. The molecule has 2 aromatic heterocycles. The fraction of sp³-hybridized carbons (Fsp3) is 0. The van der Waals surface area contributed by atoms with Crippen molar-refractivity contribution < 1.29 is 4.57 Å². The van der Waals surface area contributed by atoms with E-state index in [0.717, 1.165) is 22.5 Å². The van der Waals surface area contributed by atoms with E-state index in [0.29, 0.717) is 0 Å². The van der Waals surface area contributed by atoms with Crippen molar-refractivity contribution in [2.45, 2.75) is 0 Å². The number of aromatic nitrogens is 3. The lowest BCUT2D eigenvalue weighted by atomic mass is 10.2. The zero-order valence-corrected chi connectivity index (χ0v) is 13.7. The molecule has 0 bridgehead atoms. The van der Waals surface area contributed by atoms with Gasteiger partial charge in [0.25, 0.3) is 0 Å². The van der Waals surface area contributed by atoms with Crippen molar-refractivity contribution in [3.8, 4) is 5.95 Å². The lowest BCUT2D eigenvalue weighted by Gasteiger charge is -1.95. The molecule has 0 aliphatic carbocycles. The number of aromatic amines is 1. The van der Waals surface area contributed by atoms with E-state index in [-0.39, 0.29) is 0 Å². The SMILES string of the molecule is C(/C=C/c1cc[n+](-c2nc3ccccc3[nH]2)cc1)=C\c1ccccc1. The Labute approximate surface area is 146 Å². The van der Waals surface area contributed by atoms with E-state index >= 15 is 0 Å². The lowest BCUT2D eigenvalue weighted by Crippen LogP contribution is -2.30. The van der Waals surface area contributed by atoms with Gasteiger partial charge in [-0.3, -0.25) is 0 Å². The molecule has 4 aromatic rings. The highest BCUT2D eigenvalue weighted by atomic mass is 15.1. The molecule has 0 amide bonds. The highest BCUT2D eigenvalue weighted by Gasteiger charge is 2.11. The summed E-state index contributed by atoms with van der Waals surface area (Å²) in [6, 6.07) is 22.4. The Bertz CT molecular complexity index is 993. The van der Waals surface area contributed by atoms with Gasteiger partial charge in [-0.25, -0.2) is 9.55 Å². The van der Waals surface area contributed by atoms with Crippen LogP contribution in [0.15, 0.2) is 91.3 Å². The van der Waals surface area contributed by atoms with Crippen LogP contribution in [-0.4, -0.2) is 9.97 Å². The van der Waals surface area contributed by atoms with Crippen molar-refractivity contribution in [1.29, 1.82) is 0 Å². The van der Waals surface area contributed by atoms with Crippen molar-refractivity contribution >= 4 is 23.2 Å². The van der Waals surface area contributed by atoms with Crippen molar-refractivity contribution in [1.82, 2.24) is 9.97 Å². The predicted molar refractivity (Wildman–Crippen MR) is 102 cm³/mol. The first-order valence-electron chi connectivity index (χ1n) is 8.25. The number of hydrogen-bond donors (Lipinski definition) is 1. The Hall–Kier alpha value is -3.46. The minimum absolute atomic E-state index is 0.820. The second-order valence-corrected chi connectivity index (χ2v) is 5.75. The molecule has 2 heterocycles. The summed E-state index contributed by atoms with van der Waals surface area (Å²) in [4.78, 5) is 7.92. The fourth-order valence-corrected chi connectivity index (χ4v) is 2.65. The fourth-order valence-electron chi connectivity index (χ4n) is 2.65. The molecule has 0 atom stereocenters. The Balaban J connectivity index is 1.48. The number of H-pyrrole nitrogens is 1. The van der Waals surface area contributed by atoms with Crippen LogP contribution in [0.3, 0.4) is 0 Å². The molecule has 4 rings (SSSR count). The number of fused-ring (bicyclic) bond motifs is 1. The molecule has 3 heteroatoms. The molecule has 0 fully saturated rings. The summed E-state index contributed by atoms with van der Waals surface area (Å²) in [5.41, 5.74) is 4.35. The number of hydrogen-bond acceptors (Lipinski definition) is 1. The summed E-state index contributed by atoms with van der Waals surface area (Å²) in [7, 11) is 0. The summed E-state index contributed by atoms with van der Waals surface area (Å²) in [6.45, 7) is 0. The van der Waals surface area contributed by atoms with Crippen LogP contribution in [0.4, 0.5) is 0 Å². The topological polar surface area (TPSA) is 32.6 Å². The molecule has 0 saturated heterocycles. The molecule has 0 aliphatic rings. The smallest absolute Gasteiger partial charge is 0.238 e. The number of para-hydroxylation sites is 2. The minimum Gasteiger partial charge on any atom is -0.238 e. The largest absolute Gasteiger partial charge is 0.401 e. The van der Waals surface area contributed by atoms with Crippen LogP contribution in [0, 0.1) is 0 Å². The van der Waals surface area contributed by atoms with Gasteiger partial charge in [-0.05, 0) is 35.4 Å². The predicted octanol–water partition coefficient (Wildman–Crippen LogP) is 4.57. The van der Waals surface area contributed by atoms with Crippen LogP contribution in [0.5, 0.6) is 0 Å². The molecule has 0 radical (unpaired) electrons. The van der Waals surface area contributed by atoms with E-state index in [1.807, 2.05) is 65.5 Å². The van der Waals surface area contributed by atoms with Crippen LogP contribution in [0.1, 0.15) is 11.1 Å². The Morgan fingerprint density at radius 2 is 1.36 bits per heavy atom. The molecule has 25 heavy (non-hydrogen) atoms. The quantitative estimate of drug-likeness (QED) is 0.433. The van der Waals surface area contributed by atoms with Gasteiger partial charge in [-0.1, -0.05) is 71.8 Å². The maximum absolute atomic E-state index is 4.60. The van der Waals surface area contributed by atoms with E-state index in [1.54, 1.807) is 0 Å². The Kier molecular flexibility index (Phi) is 4.21. The first-order valence-corrected chi connectivity index (χ1v) is 8.25. The van der Waals surface area contributed by atoms with Crippen LogP contribution >= 0.6 is 0 Å². The maximum Gasteiger partial charge on any atom is 0.401 e. The van der Waals surface area contributed by atoms with Crippen LogP contribution in [-0.2, 0) is 0 Å². The first-order chi connectivity index (χ1) is 12.4. The molecular weight excluding hydrogens is 306 g/mol. The lowest BCUT2D eigenvalue weighted by molar-refractivity contribution is -0.603. The third-order valence-electron chi connectivity index (χ3n) is 3.96. The second kappa shape index (κ2) is 6.97. The number of allylic oxidation sites excluding steroid dienone is 2. The monoisotopic (exact) mass is 324 g/mol. The van der Waals surface area contributed by atoms with Crippen molar-refractivity contribution in [2.75, 3.05) is 0 Å². The summed E-state index contributed by atoms with van der Waals surface area (Å²) in [5.74, 6) is 0.820. The molecule has 2 aromatic carbocycles. The van der Waals surface area contributed by atoms with Gasteiger partial charge in [-0.15, -0.1) is 0 Å². The van der Waals surface area contributed by atoms with Gasteiger partial charge in [0.1, 0.15) is 5.52 Å². The van der Waals surface area contributed by atoms with Gasteiger partial charge in [0.15, 0.2) is 5.52 Å². The number of imidazole rings is 1. The number of nitrogens with zero attached hydrogens (tertiary/aromatic N) is 2. The van der Waals surface area contributed by atoms with Gasteiger partial charge in [0, 0.05) is 0 Å². The number of rotatable bonds is 4. The van der Waals surface area contributed by atoms with Crippen LogP contribution < -0.4 is 4.57 Å². The molecule has 0 unspecified atom stereocenters. The third kappa shape index (κ3) is 3.56. The highest BCUT2D eigenvalue weighted by Crippen LogP contribution is 2.10. The molecule has 3 nitrogen and oxygen atoms in total. The van der Waals surface area contributed by atoms with E-state index in [2.05, 4.69) is 52.5 Å². The van der Waals surface area contributed by atoms with Crippen molar-refractivity contribution in [3.05, 3.63) is 102 Å². The first kappa shape index (κ1) is 15.1. The molecule has 0 spiro atoms. The number of nitrogens with one attached hydrogen (secondary N) is 1. The Morgan fingerprint density at radius 1 is 0.720 bits per heavy atom. The average Bonchev–Trinajstić information content (AvgIpc) is 3.11. The normalized spacial score (nSPS) is 11.7. The van der Waals surface area contributed by atoms with Gasteiger partial charge in [-0.2, -0.15) is 0 Å². The average molecular weight is 324 g/mol. The van der Waals surface area contributed by atoms with Crippen molar-refractivity contribution in [3.63, 3.8) is 0 Å². The van der Waals surface area contributed by atoms with E-state index < -0.39 is 0 Å². The van der Waals surface area contributed by atoms with Crippen LogP contribution in [0.25, 0.3) is 29.1 Å². The zero-order valence-electron chi connectivity index (χ0n) is 13.7. The maximum atomic E-state index is 4.60. The van der Waals surface area contributed by atoms with E-state index in [1.165, 1.54) is 5.56 Å². The Morgan fingerprint density at radius 3 is 2.08 bits per heavy atom. The van der Waals surface area contributed by atoms with E-state index in [4.69, 9.17) is 0 Å². The van der Waals surface area contributed by atoms with Gasteiger partial charge >= 0.3 is 5.95 Å². The molecule has 0 saturated carbocycles. The summed E-state index contributed by atoms with van der Waals surface area (Å²) in [5, 5.41) is 0. The number of pyridine rings is 1. The standard InChI is InChI=1S/C22H18N3/c1-2-8-18(9-3-1)10-4-5-11-19-14-16-25(17-15-19)22-23-20-12-6-7-13-21(20)24-22/h1-17H,(H,23,24)/q+1/b10-4+,11-5+. The summed E-state index contributed by atoms with van der Waals surface area (Å²) in [6.07, 6.45) is 12.3. The minimum atomic E-state index is 0.820.